The molecule has 5 nitrogen and oxygen atoms in total. The molecule has 0 bridgehead atoms. The largest absolute Gasteiger partial charge is 0.492 e. The molecule has 1 heterocycles. The molecule has 0 saturated carbocycles. The summed E-state index contributed by atoms with van der Waals surface area (Å²) in [6, 6.07) is 10.1. The van der Waals surface area contributed by atoms with E-state index in [0.29, 0.717) is 25.7 Å². The zero-order chi connectivity index (χ0) is 14.4. The van der Waals surface area contributed by atoms with Gasteiger partial charge in [0, 0.05) is 25.7 Å². The molecule has 0 unspecified atom stereocenters. The third-order valence-corrected chi connectivity index (χ3v) is 4.77. The number of piperidine rings is 1. The van der Waals surface area contributed by atoms with Crippen LogP contribution in [0, 0.1) is 0 Å². The van der Waals surface area contributed by atoms with Gasteiger partial charge >= 0.3 is 0 Å². The van der Waals surface area contributed by atoms with Gasteiger partial charge in [-0.2, -0.15) is 0 Å². The molecule has 1 aromatic rings. The zero-order valence-electron chi connectivity index (χ0n) is 11.8. The molecule has 6 heteroatoms. The SMILES string of the molecule is CS(=O)(=O)N1CCC(NCCOc2ccccc2)CC1. The molecule has 1 N–H and O–H groups in total. The Labute approximate surface area is 121 Å². The Balaban J connectivity index is 1.62. The van der Waals surface area contributed by atoms with Crippen LogP contribution in [0.15, 0.2) is 30.3 Å². The maximum atomic E-state index is 11.4. The fourth-order valence-corrected chi connectivity index (χ4v) is 3.21. The van der Waals surface area contributed by atoms with Gasteiger partial charge in [-0.05, 0) is 25.0 Å². The summed E-state index contributed by atoms with van der Waals surface area (Å²) in [6.07, 6.45) is 2.99. The Morgan fingerprint density at radius 1 is 1.25 bits per heavy atom. The van der Waals surface area contributed by atoms with Crippen LogP contribution in [0.3, 0.4) is 0 Å². The van der Waals surface area contributed by atoms with Crippen molar-refractivity contribution in [3.8, 4) is 5.75 Å². The van der Waals surface area contributed by atoms with E-state index in [1.807, 2.05) is 30.3 Å². The molecule has 112 valence electrons. The summed E-state index contributed by atoms with van der Waals surface area (Å²) in [4.78, 5) is 0. The number of rotatable bonds is 6. The Morgan fingerprint density at radius 2 is 1.90 bits per heavy atom. The first-order chi connectivity index (χ1) is 9.55. The highest BCUT2D eigenvalue weighted by Gasteiger charge is 2.24. The minimum atomic E-state index is -3.03. The molecule has 1 aromatic carbocycles. The van der Waals surface area contributed by atoms with Gasteiger partial charge in [-0.15, -0.1) is 0 Å². The van der Waals surface area contributed by atoms with E-state index in [1.54, 1.807) is 4.31 Å². The average Bonchev–Trinajstić information content (AvgIpc) is 2.44. The second kappa shape index (κ2) is 7.06. The van der Waals surface area contributed by atoms with Gasteiger partial charge < -0.3 is 10.1 Å². The van der Waals surface area contributed by atoms with Crippen LogP contribution in [0.1, 0.15) is 12.8 Å². The van der Waals surface area contributed by atoms with Gasteiger partial charge in [0.05, 0.1) is 6.26 Å². The lowest BCUT2D eigenvalue weighted by Gasteiger charge is -2.30. The van der Waals surface area contributed by atoms with Gasteiger partial charge in [-0.1, -0.05) is 18.2 Å². The number of hydrogen-bond donors (Lipinski definition) is 1. The first-order valence-electron chi connectivity index (χ1n) is 6.92. The second-order valence-electron chi connectivity index (χ2n) is 5.05. The number of benzene rings is 1. The van der Waals surface area contributed by atoms with Gasteiger partial charge in [-0.3, -0.25) is 0 Å². The van der Waals surface area contributed by atoms with E-state index < -0.39 is 10.0 Å². The lowest BCUT2D eigenvalue weighted by molar-refractivity contribution is 0.264. The molecule has 0 spiro atoms. The number of nitrogens with one attached hydrogen (secondary N) is 1. The van der Waals surface area contributed by atoms with Crippen LogP contribution < -0.4 is 10.1 Å². The topological polar surface area (TPSA) is 58.6 Å². The lowest BCUT2D eigenvalue weighted by atomic mass is 10.1. The summed E-state index contributed by atoms with van der Waals surface area (Å²) in [5, 5.41) is 3.42. The van der Waals surface area contributed by atoms with Crippen molar-refractivity contribution in [3.05, 3.63) is 30.3 Å². The van der Waals surface area contributed by atoms with E-state index >= 15 is 0 Å². The van der Waals surface area contributed by atoms with Gasteiger partial charge in [0.2, 0.25) is 10.0 Å². The third kappa shape index (κ3) is 4.77. The number of nitrogens with zero attached hydrogens (tertiary/aromatic N) is 1. The highest BCUT2D eigenvalue weighted by molar-refractivity contribution is 7.88. The molecule has 0 aliphatic carbocycles. The van der Waals surface area contributed by atoms with E-state index in [9.17, 15) is 8.42 Å². The number of ether oxygens (including phenoxy) is 1. The first-order valence-corrected chi connectivity index (χ1v) is 8.77. The molecule has 20 heavy (non-hydrogen) atoms. The van der Waals surface area contributed by atoms with E-state index in [1.165, 1.54) is 6.26 Å². The molecule has 0 amide bonds. The van der Waals surface area contributed by atoms with Crippen molar-refractivity contribution in [1.29, 1.82) is 0 Å². The van der Waals surface area contributed by atoms with Crippen molar-refractivity contribution < 1.29 is 13.2 Å². The number of sulfonamides is 1. The molecule has 1 saturated heterocycles. The van der Waals surface area contributed by atoms with E-state index in [4.69, 9.17) is 4.74 Å². The fourth-order valence-electron chi connectivity index (χ4n) is 2.34. The second-order valence-corrected chi connectivity index (χ2v) is 7.03. The van der Waals surface area contributed by atoms with Gasteiger partial charge in [0.25, 0.3) is 0 Å². The van der Waals surface area contributed by atoms with Gasteiger partial charge in [0.15, 0.2) is 0 Å². The van der Waals surface area contributed by atoms with Crippen molar-refractivity contribution in [3.63, 3.8) is 0 Å². The van der Waals surface area contributed by atoms with Gasteiger partial charge in [-0.25, -0.2) is 12.7 Å². The fraction of sp³-hybridized carbons (Fsp3) is 0.571. The van der Waals surface area contributed by atoms with Crippen LogP contribution in [-0.2, 0) is 10.0 Å². The molecular weight excluding hydrogens is 276 g/mol. The maximum absolute atomic E-state index is 11.4. The summed E-state index contributed by atoms with van der Waals surface area (Å²) in [5.41, 5.74) is 0. The van der Waals surface area contributed by atoms with Crippen LogP contribution in [-0.4, -0.2) is 51.3 Å². The Bertz CT molecular complexity index is 496. The Kier molecular flexibility index (Phi) is 5.39. The quantitative estimate of drug-likeness (QED) is 0.799. The van der Waals surface area contributed by atoms with Crippen molar-refractivity contribution >= 4 is 10.0 Å². The van der Waals surface area contributed by atoms with Crippen molar-refractivity contribution in [2.24, 2.45) is 0 Å². The molecule has 2 rings (SSSR count). The van der Waals surface area contributed by atoms with Crippen LogP contribution in [0.4, 0.5) is 0 Å². The minimum absolute atomic E-state index is 0.382. The van der Waals surface area contributed by atoms with Gasteiger partial charge in [0.1, 0.15) is 12.4 Å². The van der Waals surface area contributed by atoms with E-state index in [2.05, 4.69) is 5.32 Å². The highest BCUT2D eigenvalue weighted by atomic mass is 32.2. The number of hydrogen-bond acceptors (Lipinski definition) is 4. The normalized spacial score (nSPS) is 18.1. The predicted molar refractivity (Wildman–Crippen MR) is 79.4 cm³/mol. The Hall–Kier alpha value is -1.11. The van der Waals surface area contributed by atoms with E-state index in [0.717, 1.165) is 25.1 Å². The maximum Gasteiger partial charge on any atom is 0.211 e. The predicted octanol–water partition coefficient (Wildman–Crippen LogP) is 1.08. The molecule has 1 aliphatic heterocycles. The van der Waals surface area contributed by atoms with E-state index in [-0.39, 0.29) is 0 Å². The summed E-state index contributed by atoms with van der Waals surface area (Å²) in [6.45, 7) is 2.61. The Morgan fingerprint density at radius 3 is 2.50 bits per heavy atom. The molecule has 1 fully saturated rings. The molecule has 0 aromatic heterocycles. The third-order valence-electron chi connectivity index (χ3n) is 3.47. The highest BCUT2D eigenvalue weighted by Crippen LogP contribution is 2.13. The minimum Gasteiger partial charge on any atom is -0.492 e. The monoisotopic (exact) mass is 298 g/mol. The number of para-hydroxylation sites is 1. The molecule has 0 radical (unpaired) electrons. The smallest absolute Gasteiger partial charge is 0.211 e. The van der Waals surface area contributed by atoms with Crippen LogP contribution >= 0.6 is 0 Å². The average molecular weight is 298 g/mol. The summed E-state index contributed by atoms with van der Waals surface area (Å²) >= 11 is 0. The summed E-state index contributed by atoms with van der Waals surface area (Å²) in [7, 11) is -3.03. The standard InChI is InChI=1S/C14H22N2O3S/c1-20(17,18)16-10-7-13(8-11-16)15-9-12-19-14-5-3-2-4-6-14/h2-6,13,15H,7-12H2,1H3. The van der Waals surface area contributed by atoms with Crippen molar-refractivity contribution in [2.45, 2.75) is 18.9 Å². The summed E-state index contributed by atoms with van der Waals surface area (Å²) in [5.74, 6) is 0.876. The molecule has 0 atom stereocenters. The molecule has 1 aliphatic rings. The van der Waals surface area contributed by atoms with Crippen LogP contribution in [0.5, 0.6) is 5.75 Å². The lowest BCUT2D eigenvalue weighted by Crippen LogP contribution is -2.45. The van der Waals surface area contributed by atoms with Crippen LogP contribution in [0.25, 0.3) is 0 Å². The summed E-state index contributed by atoms with van der Waals surface area (Å²) < 4.78 is 29.9. The van der Waals surface area contributed by atoms with Crippen LogP contribution in [0.2, 0.25) is 0 Å². The molecular formula is C14H22N2O3S. The zero-order valence-corrected chi connectivity index (χ0v) is 12.6. The van der Waals surface area contributed by atoms with Crippen molar-refractivity contribution in [1.82, 2.24) is 9.62 Å². The van der Waals surface area contributed by atoms with Crippen molar-refractivity contribution in [2.75, 3.05) is 32.5 Å². The first kappa shape index (κ1) is 15.3.